The minimum absolute atomic E-state index is 0.0851. The van der Waals surface area contributed by atoms with Crippen LogP contribution in [0.25, 0.3) is 10.9 Å². The van der Waals surface area contributed by atoms with Crippen LogP contribution in [0.1, 0.15) is 34.8 Å². The fourth-order valence-corrected chi connectivity index (χ4v) is 3.80. The summed E-state index contributed by atoms with van der Waals surface area (Å²) >= 11 is 0. The molecule has 0 radical (unpaired) electrons. The largest absolute Gasteiger partial charge is 0.480 e. The lowest BCUT2D eigenvalue weighted by molar-refractivity contribution is -0.382. The van der Waals surface area contributed by atoms with Crippen LogP contribution < -0.4 is 10.7 Å². The van der Waals surface area contributed by atoms with Gasteiger partial charge in [-0.15, -0.1) is 0 Å². The van der Waals surface area contributed by atoms with Crippen molar-refractivity contribution in [3.63, 3.8) is 0 Å². The highest BCUT2D eigenvalue weighted by Crippen LogP contribution is 2.42. The number of nitrogens with one attached hydrogen (secondary N) is 1. The van der Waals surface area contributed by atoms with E-state index in [1.165, 1.54) is 4.57 Å². The lowest BCUT2D eigenvalue weighted by atomic mass is 10.0. The Morgan fingerprint density at radius 2 is 1.91 bits per heavy atom. The molecule has 2 aromatic carbocycles. The second-order valence-corrected chi connectivity index (χ2v) is 7.78. The summed E-state index contributed by atoms with van der Waals surface area (Å²) in [5.74, 6) is -4.11. The minimum Gasteiger partial charge on any atom is -0.480 e. The number of nitro benzene ring substituents is 1. The molecule has 1 heterocycles. The fourth-order valence-electron chi connectivity index (χ4n) is 3.80. The summed E-state index contributed by atoms with van der Waals surface area (Å²) in [6.45, 7) is 0. The second-order valence-electron chi connectivity index (χ2n) is 7.78. The third-order valence-corrected chi connectivity index (χ3v) is 5.49. The number of hydrogen-bond acceptors (Lipinski definition) is 6. The number of carbonyl (C=O) groups is 2. The van der Waals surface area contributed by atoms with E-state index in [9.17, 15) is 34.7 Å². The Hall–Kier alpha value is -4.28. The van der Waals surface area contributed by atoms with E-state index in [4.69, 9.17) is 0 Å². The molecular weight excluding hydrogens is 437 g/mol. The van der Waals surface area contributed by atoms with E-state index in [0.717, 1.165) is 12.3 Å². The first-order valence-corrected chi connectivity index (χ1v) is 10.0. The number of nitrogens with zero attached hydrogens (tertiary/aromatic N) is 2. The van der Waals surface area contributed by atoms with Crippen molar-refractivity contribution in [1.82, 2.24) is 4.57 Å². The molecule has 4 rings (SSSR count). The van der Waals surface area contributed by atoms with Gasteiger partial charge in [0.15, 0.2) is 11.5 Å². The Balaban J connectivity index is 1.93. The standard InChI is InChI=1S/C22H18FN3O7/c23-15-9-13-18(25(12-6-7-12)10-14(20(13)27)21(28)29)19(26(32)33)17(15)24-16(22(30)31)8-11-4-2-1-3-5-11/h1-5,9-10,12,16,24H,6-8H2,(H,28,29)(H,30,31)/t16-/m0/s1. The van der Waals surface area contributed by atoms with Crippen LogP contribution in [-0.4, -0.2) is 37.7 Å². The highest BCUT2D eigenvalue weighted by atomic mass is 19.1. The SMILES string of the molecule is O=C(O)c1cn(C2CC2)c2c([N+](=O)[O-])c(N[C@@H](Cc3ccccc3)C(=O)O)c(F)cc2c1=O. The topological polar surface area (TPSA) is 152 Å². The normalized spacial score (nSPS) is 14.1. The molecule has 1 aromatic heterocycles. The van der Waals surface area contributed by atoms with Gasteiger partial charge >= 0.3 is 17.6 Å². The number of benzene rings is 2. The number of anilines is 1. The summed E-state index contributed by atoms with van der Waals surface area (Å²) in [5, 5.41) is 33.0. The first-order valence-electron chi connectivity index (χ1n) is 10.0. The summed E-state index contributed by atoms with van der Waals surface area (Å²) < 4.78 is 16.4. The van der Waals surface area contributed by atoms with Gasteiger partial charge in [0.2, 0.25) is 5.43 Å². The Bertz CT molecular complexity index is 1350. The maximum Gasteiger partial charge on any atom is 0.341 e. The molecule has 0 unspecified atom stereocenters. The molecule has 1 aliphatic rings. The first kappa shape index (κ1) is 21.9. The Morgan fingerprint density at radius 3 is 2.45 bits per heavy atom. The van der Waals surface area contributed by atoms with E-state index in [-0.39, 0.29) is 18.0 Å². The molecule has 1 saturated carbocycles. The lowest BCUT2D eigenvalue weighted by Gasteiger charge is -2.19. The Morgan fingerprint density at radius 1 is 1.24 bits per heavy atom. The van der Waals surface area contributed by atoms with Crippen LogP contribution in [0.2, 0.25) is 0 Å². The number of hydrogen-bond donors (Lipinski definition) is 3. The van der Waals surface area contributed by atoms with Crippen molar-refractivity contribution >= 4 is 34.2 Å². The number of pyridine rings is 1. The van der Waals surface area contributed by atoms with Gasteiger partial charge in [0.1, 0.15) is 17.1 Å². The van der Waals surface area contributed by atoms with Gasteiger partial charge in [-0.1, -0.05) is 30.3 Å². The number of aliphatic carboxylic acids is 1. The van der Waals surface area contributed by atoms with Crippen molar-refractivity contribution in [2.24, 2.45) is 0 Å². The maximum absolute atomic E-state index is 15.1. The van der Waals surface area contributed by atoms with Crippen molar-refractivity contribution in [3.05, 3.63) is 79.9 Å². The fraction of sp³-hybridized carbons (Fsp3) is 0.227. The number of aromatic carboxylic acids is 1. The summed E-state index contributed by atoms with van der Waals surface area (Å²) in [4.78, 5) is 47.2. The number of nitro groups is 1. The number of rotatable bonds is 8. The van der Waals surface area contributed by atoms with E-state index >= 15 is 4.39 Å². The second kappa shape index (κ2) is 8.34. The van der Waals surface area contributed by atoms with E-state index < -0.39 is 56.5 Å². The summed E-state index contributed by atoms with van der Waals surface area (Å²) in [7, 11) is 0. The average molecular weight is 455 g/mol. The molecule has 0 saturated heterocycles. The highest BCUT2D eigenvalue weighted by Gasteiger charge is 2.35. The van der Waals surface area contributed by atoms with Crippen LogP contribution in [0.15, 0.2) is 47.4 Å². The average Bonchev–Trinajstić information content (AvgIpc) is 3.59. The summed E-state index contributed by atoms with van der Waals surface area (Å²) in [5.41, 5.74) is -2.80. The number of aromatic nitrogens is 1. The number of carboxylic acid groups (broad SMARTS) is 2. The highest BCUT2D eigenvalue weighted by molar-refractivity contribution is 5.99. The quantitative estimate of drug-likeness (QED) is 0.346. The van der Waals surface area contributed by atoms with Crippen LogP contribution in [0.4, 0.5) is 15.8 Å². The smallest absolute Gasteiger partial charge is 0.341 e. The van der Waals surface area contributed by atoms with Gasteiger partial charge in [-0.25, -0.2) is 14.0 Å². The van der Waals surface area contributed by atoms with Crippen molar-refractivity contribution in [2.75, 3.05) is 5.32 Å². The first-order chi connectivity index (χ1) is 15.7. The monoisotopic (exact) mass is 455 g/mol. The zero-order chi connectivity index (χ0) is 23.9. The Kier molecular flexibility index (Phi) is 5.54. The maximum atomic E-state index is 15.1. The lowest BCUT2D eigenvalue weighted by Crippen LogP contribution is -2.32. The molecule has 10 nitrogen and oxygen atoms in total. The van der Waals surface area contributed by atoms with Gasteiger partial charge in [0.05, 0.1) is 10.3 Å². The van der Waals surface area contributed by atoms with E-state index in [1.54, 1.807) is 30.3 Å². The molecule has 11 heteroatoms. The predicted octanol–water partition coefficient (Wildman–Crippen LogP) is 3.19. The van der Waals surface area contributed by atoms with E-state index in [1.807, 2.05) is 0 Å². The van der Waals surface area contributed by atoms with Crippen molar-refractivity contribution in [3.8, 4) is 0 Å². The molecule has 3 aromatic rings. The molecule has 33 heavy (non-hydrogen) atoms. The minimum atomic E-state index is -1.53. The molecule has 170 valence electrons. The van der Waals surface area contributed by atoms with Gasteiger partial charge in [0.25, 0.3) is 0 Å². The molecular formula is C22H18FN3O7. The summed E-state index contributed by atoms with van der Waals surface area (Å²) in [6, 6.07) is 7.49. The van der Waals surface area contributed by atoms with Crippen LogP contribution in [0, 0.1) is 15.9 Å². The van der Waals surface area contributed by atoms with Gasteiger partial charge < -0.3 is 20.1 Å². The zero-order valence-corrected chi connectivity index (χ0v) is 17.0. The molecule has 3 N–H and O–H groups in total. The third kappa shape index (κ3) is 4.12. The zero-order valence-electron chi connectivity index (χ0n) is 17.0. The molecule has 1 fully saturated rings. The van der Waals surface area contributed by atoms with Crippen LogP contribution in [0.3, 0.4) is 0 Å². The van der Waals surface area contributed by atoms with Crippen LogP contribution in [-0.2, 0) is 11.2 Å². The third-order valence-electron chi connectivity index (χ3n) is 5.49. The predicted molar refractivity (Wildman–Crippen MR) is 115 cm³/mol. The Labute approximate surface area is 185 Å². The molecule has 0 amide bonds. The molecule has 0 bridgehead atoms. The van der Waals surface area contributed by atoms with E-state index in [0.29, 0.717) is 18.4 Å². The molecule has 1 atom stereocenters. The van der Waals surface area contributed by atoms with Gasteiger partial charge in [-0.3, -0.25) is 14.9 Å². The van der Waals surface area contributed by atoms with Crippen molar-refractivity contribution in [1.29, 1.82) is 0 Å². The van der Waals surface area contributed by atoms with Crippen LogP contribution in [0.5, 0.6) is 0 Å². The summed E-state index contributed by atoms with van der Waals surface area (Å²) in [6.07, 6.45) is 2.14. The van der Waals surface area contributed by atoms with E-state index in [2.05, 4.69) is 5.32 Å². The van der Waals surface area contributed by atoms with Crippen molar-refractivity contribution in [2.45, 2.75) is 31.3 Å². The molecule has 1 aliphatic carbocycles. The number of halogens is 1. The molecule has 0 spiro atoms. The molecule has 0 aliphatic heterocycles. The van der Waals surface area contributed by atoms with Crippen LogP contribution >= 0.6 is 0 Å². The number of carboxylic acids is 2. The van der Waals surface area contributed by atoms with Crippen molar-refractivity contribution < 1.29 is 29.1 Å². The van der Waals surface area contributed by atoms with Gasteiger partial charge in [-0.05, 0) is 24.5 Å². The number of fused-ring (bicyclic) bond motifs is 1. The van der Waals surface area contributed by atoms with Gasteiger partial charge in [-0.2, -0.15) is 0 Å². The van der Waals surface area contributed by atoms with Gasteiger partial charge in [0, 0.05) is 18.7 Å².